The minimum atomic E-state index is -0.0560. The summed E-state index contributed by atoms with van der Waals surface area (Å²) in [5, 5.41) is 6.36. The lowest BCUT2D eigenvalue weighted by atomic mass is 10.0. The standard InChI is InChI=1S/C16H16ClN3/c1-11(18)16(12-6-8-14(17)9-7-12)20-15-5-3-2-4-13(15)10-19-20/h2-11,16H,18H2,1H3. The molecule has 0 bridgehead atoms. The first-order valence-corrected chi connectivity index (χ1v) is 6.98. The molecule has 0 fully saturated rings. The van der Waals surface area contributed by atoms with Gasteiger partial charge in [0, 0.05) is 16.5 Å². The Hall–Kier alpha value is -1.84. The first kappa shape index (κ1) is 13.2. The first-order chi connectivity index (χ1) is 9.66. The van der Waals surface area contributed by atoms with Crippen LogP contribution in [0.4, 0.5) is 0 Å². The zero-order valence-electron chi connectivity index (χ0n) is 11.2. The fourth-order valence-corrected chi connectivity index (χ4v) is 2.67. The maximum absolute atomic E-state index is 6.20. The molecule has 4 heteroatoms. The normalized spacial score (nSPS) is 14.3. The molecular weight excluding hydrogens is 270 g/mol. The largest absolute Gasteiger partial charge is 0.326 e. The molecular formula is C16H16ClN3. The van der Waals surface area contributed by atoms with Crippen molar-refractivity contribution in [2.24, 2.45) is 5.73 Å². The lowest BCUT2D eigenvalue weighted by Gasteiger charge is -2.23. The number of hydrogen-bond acceptors (Lipinski definition) is 2. The second-order valence-corrected chi connectivity index (χ2v) is 5.44. The Kier molecular flexibility index (Phi) is 3.47. The van der Waals surface area contributed by atoms with E-state index in [0.29, 0.717) is 0 Å². The van der Waals surface area contributed by atoms with Gasteiger partial charge >= 0.3 is 0 Å². The van der Waals surface area contributed by atoms with E-state index in [1.165, 1.54) is 0 Å². The second kappa shape index (κ2) is 5.27. The van der Waals surface area contributed by atoms with Crippen LogP contribution in [0.2, 0.25) is 5.02 Å². The van der Waals surface area contributed by atoms with Gasteiger partial charge in [0.25, 0.3) is 0 Å². The summed E-state index contributed by atoms with van der Waals surface area (Å²) < 4.78 is 1.99. The molecule has 2 aromatic carbocycles. The van der Waals surface area contributed by atoms with Crippen LogP contribution in [-0.4, -0.2) is 15.8 Å². The Morgan fingerprint density at radius 1 is 1.10 bits per heavy atom. The van der Waals surface area contributed by atoms with E-state index < -0.39 is 0 Å². The molecule has 2 unspecified atom stereocenters. The van der Waals surface area contributed by atoms with Crippen molar-refractivity contribution in [2.45, 2.75) is 19.0 Å². The summed E-state index contributed by atoms with van der Waals surface area (Å²) in [6.07, 6.45) is 1.88. The monoisotopic (exact) mass is 285 g/mol. The third-order valence-electron chi connectivity index (χ3n) is 3.48. The minimum absolute atomic E-state index is 0.00725. The molecule has 20 heavy (non-hydrogen) atoms. The lowest BCUT2D eigenvalue weighted by Crippen LogP contribution is -2.30. The van der Waals surface area contributed by atoms with E-state index in [1.54, 1.807) is 0 Å². The Bertz CT molecular complexity index is 716. The van der Waals surface area contributed by atoms with E-state index in [1.807, 2.05) is 54.2 Å². The van der Waals surface area contributed by atoms with Gasteiger partial charge in [-0.3, -0.25) is 4.68 Å². The Morgan fingerprint density at radius 2 is 1.80 bits per heavy atom. The van der Waals surface area contributed by atoms with Crippen LogP contribution in [0.1, 0.15) is 18.5 Å². The summed E-state index contributed by atoms with van der Waals surface area (Å²) >= 11 is 5.96. The molecule has 0 saturated carbocycles. The number of para-hydroxylation sites is 1. The number of halogens is 1. The summed E-state index contributed by atoms with van der Waals surface area (Å²) in [6, 6.07) is 15.9. The zero-order valence-corrected chi connectivity index (χ0v) is 12.0. The number of nitrogens with zero attached hydrogens (tertiary/aromatic N) is 2. The average molecular weight is 286 g/mol. The molecule has 1 aromatic heterocycles. The molecule has 102 valence electrons. The summed E-state index contributed by atoms with van der Waals surface area (Å²) in [5.74, 6) is 0. The Balaban J connectivity index is 2.13. The number of benzene rings is 2. The van der Waals surface area contributed by atoms with Gasteiger partial charge in [0.05, 0.1) is 17.8 Å². The van der Waals surface area contributed by atoms with Crippen LogP contribution in [0.5, 0.6) is 0 Å². The highest BCUT2D eigenvalue weighted by atomic mass is 35.5. The van der Waals surface area contributed by atoms with Gasteiger partial charge in [-0.2, -0.15) is 5.10 Å². The molecule has 0 amide bonds. The molecule has 3 nitrogen and oxygen atoms in total. The van der Waals surface area contributed by atoms with Gasteiger partial charge in [-0.25, -0.2) is 0 Å². The maximum Gasteiger partial charge on any atom is 0.0923 e. The summed E-state index contributed by atoms with van der Waals surface area (Å²) in [5.41, 5.74) is 8.39. The number of aromatic nitrogens is 2. The molecule has 0 saturated heterocycles. The van der Waals surface area contributed by atoms with Crippen LogP contribution < -0.4 is 5.73 Å². The van der Waals surface area contributed by atoms with Crippen molar-refractivity contribution in [2.75, 3.05) is 0 Å². The van der Waals surface area contributed by atoms with Crippen LogP contribution >= 0.6 is 11.6 Å². The number of hydrogen-bond donors (Lipinski definition) is 1. The van der Waals surface area contributed by atoms with Gasteiger partial charge in [-0.05, 0) is 30.7 Å². The van der Waals surface area contributed by atoms with Crippen LogP contribution in [-0.2, 0) is 0 Å². The molecule has 3 aromatic rings. The van der Waals surface area contributed by atoms with Crippen molar-refractivity contribution in [3.63, 3.8) is 0 Å². The zero-order chi connectivity index (χ0) is 14.1. The van der Waals surface area contributed by atoms with Crippen molar-refractivity contribution in [3.8, 4) is 0 Å². The van der Waals surface area contributed by atoms with Gasteiger partial charge in [0.2, 0.25) is 0 Å². The Labute approximate surface area is 123 Å². The highest BCUT2D eigenvalue weighted by Crippen LogP contribution is 2.26. The van der Waals surface area contributed by atoms with Gasteiger partial charge in [0.15, 0.2) is 0 Å². The van der Waals surface area contributed by atoms with E-state index >= 15 is 0 Å². The fraction of sp³-hybridized carbons (Fsp3) is 0.188. The van der Waals surface area contributed by atoms with E-state index in [9.17, 15) is 0 Å². The van der Waals surface area contributed by atoms with Crippen molar-refractivity contribution in [1.29, 1.82) is 0 Å². The number of rotatable bonds is 3. The third-order valence-corrected chi connectivity index (χ3v) is 3.73. The second-order valence-electron chi connectivity index (χ2n) is 5.00. The molecule has 0 radical (unpaired) electrons. The first-order valence-electron chi connectivity index (χ1n) is 6.60. The fourth-order valence-electron chi connectivity index (χ4n) is 2.54. The SMILES string of the molecule is CC(N)C(c1ccc(Cl)cc1)n1ncc2ccccc21. The third kappa shape index (κ3) is 2.30. The summed E-state index contributed by atoms with van der Waals surface area (Å²) in [6.45, 7) is 2.00. The van der Waals surface area contributed by atoms with E-state index in [0.717, 1.165) is 21.5 Å². The number of nitrogens with two attached hydrogens (primary N) is 1. The minimum Gasteiger partial charge on any atom is -0.326 e. The Morgan fingerprint density at radius 3 is 2.50 bits per heavy atom. The molecule has 2 N–H and O–H groups in total. The van der Waals surface area contributed by atoms with E-state index in [2.05, 4.69) is 17.2 Å². The van der Waals surface area contributed by atoms with Crippen LogP contribution in [0.25, 0.3) is 10.9 Å². The molecule has 0 spiro atoms. The van der Waals surface area contributed by atoms with Gasteiger partial charge in [-0.1, -0.05) is 41.9 Å². The lowest BCUT2D eigenvalue weighted by molar-refractivity contribution is 0.466. The van der Waals surface area contributed by atoms with Crippen molar-refractivity contribution in [1.82, 2.24) is 9.78 Å². The average Bonchev–Trinajstić information content (AvgIpc) is 2.85. The highest BCUT2D eigenvalue weighted by Gasteiger charge is 2.20. The van der Waals surface area contributed by atoms with E-state index in [4.69, 9.17) is 17.3 Å². The summed E-state index contributed by atoms with van der Waals surface area (Å²) in [4.78, 5) is 0. The maximum atomic E-state index is 6.20. The van der Waals surface area contributed by atoms with Crippen molar-refractivity contribution < 1.29 is 0 Å². The van der Waals surface area contributed by atoms with Gasteiger partial charge in [0.1, 0.15) is 0 Å². The predicted octanol–water partition coefficient (Wildman–Crippen LogP) is 3.63. The predicted molar refractivity (Wildman–Crippen MR) is 83.0 cm³/mol. The van der Waals surface area contributed by atoms with Crippen LogP contribution in [0.3, 0.4) is 0 Å². The van der Waals surface area contributed by atoms with Crippen LogP contribution in [0, 0.1) is 0 Å². The van der Waals surface area contributed by atoms with Gasteiger partial charge in [-0.15, -0.1) is 0 Å². The molecule has 2 atom stereocenters. The molecule has 1 heterocycles. The van der Waals surface area contributed by atoms with Crippen molar-refractivity contribution in [3.05, 3.63) is 65.3 Å². The van der Waals surface area contributed by atoms with E-state index in [-0.39, 0.29) is 12.1 Å². The highest BCUT2D eigenvalue weighted by molar-refractivity contribution is 6.30. The van der Waals surface area contributed by atoms with Crippen LogP contribution in [0.15, 0.2) is 54.7 Å². The smallest absolute Gasteiger partial charge is 0.0923 e. The van der Waals surface area contributed by atoms with Crippen molar-refractivity contribution >= 4 is 22.5 Å². The topological polar surface area (TPSA) is 43.8 Å². The molecule has 0 aliphatic heterocycles. The number of fused-ring (bicyclic) bond motifs is 1. The summed E-state index contributed by atoms with van der Waals surface area (Å²) in [7, 11) is 0. The molecule has 3 rings (SSSR count). The quantitative estimate of drug-likeness (QED) is 0.799. The molecule has 0 aliphatic rings. The molecule has 0 aliphatic carbocycles. The van der Waals surface area contributed by atoms with Gasteiger partial charge < -0.3 is 5.73 Å².